The topological polar surface area (TPSA) is 51.0 Å². The van der Waals surface area contributed by atoms with Crippen molar-refractivity contribution in [3.8, 4) is 11.3 Å². The summed E-state index contributed by atoms with van der Waals surface area (Å²) in [5.74, 6) is 2.91. The van der Waals surface area contributed by atoms with E-state index in [1.807, 2.05) is 29.1 Å². The first-order chi connectivity index (χ1) is 13.7. The zero-order chi connectivity index (χ0) is 18.7. The van der Waals surface area contributed by atoms with Crippen LogP contribution in [0, 0.1) is 23.2 Å². The molecule has 0 spiro atoms. The molecule has 1 aliphatic heterocycles. The summed E-state index contributed by atoms with van der Waals surface area (Å²) in [7, 11) is 0. The smallest absolute Gasteiger partial charge is 0.228 e. The number of aromatic nitrogens is 3. The molecule has 146 valence electrons. The van der Waals surface area contributed by atoms with Crippen molar-refractivity contribution in [2.75, 3.05) is 13.1 Å². The second-order valence-electron chi connectivity index (χ2n) is 9.84. The van der Waals surface area contributed by atoms with Crippen molar-refractivity contribution in [1.29, 1.82) is 0 Å². The molecule has 1 aromatic heterocycles. The average Bonchev–Trinajstić information content (AvgIpc) is 3.37. The highest BCUT2D eigenvalue weighted by atomic mass is 16.2. The van der Waals surface area contributed by atoms with Gasteiger partial charge in [-0.25, -0.2) is 4.68 Å². The van der Waals surface area contributed by atoms with Gasteiger partial charge in [0.1, 0.15) is 5.69 Å². The third-order valence-corrected chi connectivity index (χ3v) is 7.90. The van der Waals surface area contributed by atoms with Crippen LogP contribution in [-0.2, 0) is 4.79 Å². The van der Waals surface area contributed by atoms with E-state index in [1.165, 1.54) is 19.3 Å². The Morgan fingerprint density at radius 3 is 2.36 bits per heavy atom. The predicted octanol–water partition coefficient (Wildman–Crippen LogP) is 3.93. The van der Waals surface area contributed by atoms with E-state index >= 15 is 0 Å². The van der Waals surface area contributed by atoms with Crippen molar-refractivity contribution in [2.45, 2.75) is 51.0 Å². The minimum Gasteiger partial charge on any atom is -0.340 e. The van der Waals surface area contributed by atoms with Gasteiger partial charge in [0.15, 0.2) is 0 Å². The highest BCUT2D eigenvalue weighted by molar-refractivity contribution is 5.83. The molecule has 4 saturated carbocycles. The molecule has 0 N–H and O–H groups in total. The molecular weight excluding hydrogens is 348 g/mol. The summed E-state index contributed by atoms with van der Waals surface area (Å²) in [6, 6.07) is 10.4. The Balaban J connectivity index is 1.18. The molecular formula is C23H28N4O. The molecule has 1 atom stereocenters. The summed E-state index contributed by atoms with van der Waals surface area (Å²) >= 11 is 0. The summed E-state index contributed by atoms with van der Waals surface area (Å²) in [5, 5.41) is 8.75. The second kappa shape index (κ2) is 6.16. The number of nitrogens with zero attached hydrogens (tertiary/aromatic N) is 4. The molecule has 5 fully saturated rings. The van der Waals surface area contributed by atoms with Gasteiger partial charge in [-0.05, 0) is 62.7 Å². The fourth-order valence-corrected chi connectivity index (χ4v) is 7.05. The molecule has 4 bridgehead atoms. The van der Waals surface area contributed by atoms with Crippen molar-refractivity contribution in [3.05, 3.63) is 36.5 Å². The van der Waals surface area contributed by atoms with Gasteiger partial charge >= 0.3 is 0 Å². The lowest BCUT2D eigenvalue weighted by Crippen LogP contribution is -2.54. The molecule has 0 radical (unpaired) electrons. The maximum atomic E-state index is 13.6. The minimum absolute atomic E-state index is 0.0266. The van der Waals surface area contributed by atoms with Crippen LogP contribution >= 0.6 is 0 Å². The van der Waals surface area contributed by atoms with Gasteiger partial charge in [-0.1, -0.05) is 35.5 Å². The van der Waals surface area contributed by atoms with Gasteiger partial charge in [-0.2, -0.15) is 0 Å². The van der Waals surface area contributed by atoms with E-state index in [1.54, 1.807) is 0 Å². The molecule has 5 aliphatic rings. The van der Waals surface area contributed by atoms with Crippen LogP contribution in [0.1, 0.15) is 51.0 Å². The summed E-state index contributed by atoms with van der Waals surface area (Å²) in [6.07, 6.45) is 10.6. The van der Waals surface area contributed by atoms with Gasteiger partial charge in [0, 0.05) is 18.7 Å². The van der Waals surface area contributed by atoms with Crippen LogP contribution in [-0.4, -0.2) is 38.9 Å². The van der Waals surface area contributed by atoms with Crippen molar-refractivity contribution in [3.63, 3.8) is 0 Å². The van der Waals surface area contributed by atoms with Crippen LogP contribution < -0.4 is 0 Å². The second-order valence-corrected chi connectivity index (χ2v) is 9.84. The van der Waals surface area contributed by atoms with E-state index in [2.05, 4.69) is 27.3 Å². The Morgan fingerprint density at radius 1 is 1.00 bits per heavy atom. The van der Waals surface area contributed by atoms with Crippen LogP contribution in [0.5, 0.6) is 0 Å². The largest absolute Gasteiger partial charge is 0.340 e. The van der Waals surface area contributed by atoms with Crippen molar-refractivity contribution < 1.29 is 4.79 Å². The fraction of sp³-hybridized carbons (Fsp3) is 0.609. The lowest BCUT2D eigenvalue weighted by atomic mass is 9.49. The van der Waals surface area contributed by atoms with Crippen LogP contribution in [0.15, 0.2) is 36.5 Å². The number of carbonyl (C=O) groups is 1. The molecule has 5 heteroatoms. The molecule has 1 amide bonds. The lowest BCUT2D eigenvalue weighted by molar-refractivity contribution is -0.156. The molecule has 28 heavy (non-hydrogen) atoms. The summed E-state index contributed by atoms with van der Waals surface area (Å²) < 4.78 is 1.98. The van der Waals surface area contributed by atoms with Gasteiger partial charge in [-0.15, -0.1) is 5.10 Å². The van der Waals surface area contributed by atoms with E-state index in [0.717, 1.165) is 67.8 Å². The Morgan fingerprint density at radius 2 is 1.68 bits per heavy atom. The fourth-order valence-electron chi connectivity index (χ4n) is 7.05. The van der Waals surface area contributed by atoms with Crippen molar-refractivity contribution in [2.24, 2.45) is 23.2 Å². The Labute approximate surface area is 166 Å². The quantitative estimate of drug-likeness (QED) is 0.815. The predicted molar refractivity (Wildman–Crippen MR) is 106 cm³/mol. The van der Waals surface area contributed by atoms with Crippen molar-refractivity contribution in [1.82, 2.24) is 19.9 Å². The lowest BCUT2D eigenvalue weighted by Gasteiger charge is -2.56. The number of carbonyl (C=O) groups excluding carboxylic acids is 1. The Kier molecular flexibility index (Phi) is 3.69. The standard InChI is InChI=1S/C23H28N4O/c28-22(23-11-16-8-17(12-23)10-18(9-16)13-23)26-7-6-20(14-26)27-15-21(24-25-27)19-4-2-1-3-5-19/h1-5,15-18,20H,6-14H2. The number of rotatable bonds is 3. The molecule has 7 rings (SSSR count). The molecule has 1 unspecified atom stereocenters. The molecule has 2 heterocycles. The zero-order valence-electron chi connectivity index (χ0n) is 16.3. The van der Waals surface area contributed by atoms with Gasteiger partial charge < -0.3 is 4.90 Å². The molecule has 1 saturated heterocycles. The summed E-state index contributed by atoms with van der Waals surface area (Å²) in [6.45, 7) is 1.66. The van der Waals surface area contributed by atoms with Gasteiger partial charge in [0.05, 0.1) is 17.7 Å². The van der Waals surface area contributed by atoms with Crippen LogP contribution in [0.4, 0.5) is 0 Å². The Hall–Kier alpha value is -2.17. The van der Waals surface area contributed by atoms with E-state index in [4.69, 9.17) is 0 Å². The third-order valence-electron chi connectivity index (χ3n) is 7.90. The summed E-state index contributed by atoms with van der Waals surface area (Å²) in [5.41, 5.74) is 1.97. The number of benzene rings is 1. The van der Waals surface area contributed by atoms with E-state index in [9.17, 15) is 4.79 Å². The first-order valence-electron chi connectivity index (χ1n) is 11.0. The first kappa shape index (κ1) is 16.8. The highest BCUT2D eigenvalue weighted by Gasteiger charge is 2.56. The third kappa shape index (κ3) is 2.62. The van der Waals surface area contributed by atoms with Crippen molar-refractivity contribution >= 4 is 5.91 Å². The number of hydrogen-bond donors (Lipinski definition) is 0. The van der Waals surface area contributed by atoms with Crippen LogP contribution in [0.3, 0.4) is 0 Å². The average molecular weight is 377 g/mol. The molecule has 5 nitrogen and oxygen atoms in total. The number of likely N-dealkylation sites (tertiary alicyclic amines) is 1. The first-order valence-corrected chi connectivity index (χ1v) is 11.0. The van der Waals surface area contributed by atoms with E-state index < -0.39 is 0 Å². The van der Waals surface area contributed by atoms with Gasteiger partial charge in [0.2, 0.25) is 5.91 Å². The van der Waals surface area contributed by atoms with E-state index in [-0.39, 0.29) is 11.5 Å². The monoisotopic (exact) mass is 376 g/mol. The maximum absolute atomic E-state index is 13.6. The zero-order valence-corrected chi connectivity index (χ0v) is 16.3. The van der Waals surface area contributed by atoms with Crippen LogP contribution in [0.2, 0.25) is 0 Å². The number of amides is 1. The van der Waals surface area contributed by atoms with Gasteiger partial charge in [0.25, 0.3) is 0 Å². The molecule has 2 aromatic rings. The molecule has 4 aliphatic carbocycles. The Bertz CT molecular complexity index is 854. The normalized spacial score (nSPS) is 36.2. The van der Waals surface area contributed by atoms with E-state index in [0.29, 0.717) is 5.91 Å². The highest BCUT2D eigenvalue weighted by Crippen LogP contribution is 2.60. The maximum Gasteiger partial charge on any atom is 0.228 e. The van der Waals surface area contributed by atoms with Gasteiger partial charge in [-0.3, -0.25) is 4.79 Å². The summed E-state index contributed by atoms with van der Waals surface area (Å²) in [4.78, 5) is 15.7. The van der Waals surface area contributed by atoms with Crippen LogP contribution in [0.25, 0.3) is 11.3 Å². The minimum atomic E-state index is -0.0266. The SMILES string of the molecule is O=C(N1CCC(n2cc(-c3ccccc3)nn2)C1)C12CC3CC(CC(C3)C1)C2. The number of hydrogen-bond acceptors (Lipinski definition) is 3. The molecule has 1 aromatic carbocycles.